The maximum atomic E-state index is 10.5. The summed E-state index contributed by atoms with van der Waals surface area (Å²) in [7, 11) is 3.29. The number of benzene rings is 2. The molecule has 4 nitrogen and oxygen atoms in total. The van der Waals surface area contributed by atoms with Crippen LogP contribution in [-0.2, 0) is 6.54 Å². The highest BCUT2D eigenvalue weighted by molar-refractivity contribution is 5.46. The first-order valence-corrected chi connectivity index (χ1v) is 8.23. The van der Waals surface area contributed by atoms with Gasteiger partial charge in [0.05, 0.1) is 20.3 Å². The third-order valence-corrected chi connectivity index (χ3v) is 4.18. The third kappa shape index (κ3) is 4.49. The quantitative estimate of drug-likeness (QED) is 0.803. The molecule has 1 N–H and O–H groups in total. The fraction of sp³-hybridized carbons (Fsp3) is 0.400. The van der Waals surface area contributed by atoms with Gasteiger partial charge in [0.25, 0.3) is 0 Å². The molecular weight excluding hydrogens is 302 g/mol. The average Bonchev–Trinajstić information content (AvgIpc) is 2.61. The zero-order chi connectivity index (χ0) is 17.5. The van der Waals surface area contributed by atoms with Gasteiger partial charge < -0.3 is 14.6 Å². The van der Waals surface area contributed by atoms with E-state index in [2.05, 4.69) is 18.7 Å². The van der Waals surface area contributed by atoms with Crippen LogP contribution in [0.4, 0.5) is 0 Å². The predicted octanol–water partition coefficient (Wildman–Crippen LogP) is 3.65. The molecule has 0 aliphatic heterocycles. The fourth-order valence-electron chi connectivity index (χ4n) is 2.76. The Bertz CT molecular complexity index is 628. The van der Waals surface area contributed by atoms with Gasteiger partial charge in [0.1, 0.15) is 0 Å². The first-order chi connectivity index (χ1) is 11.6. The van der Waals surface area contributed by atoms with E-state index < -0.39 is 6.10 Å². The Hall–Kier alpha value is -2.04. The minimum Gasteiger partial charge on any atom is -0.493 e. The van der Waals surface area contributed by atoms with Crippen molar-refractivity contribution in [3.63, 3.8) is 0 Å². The summed E-state index contributed by atoms with van der Waals surface area (Å²) in [4.78, 5) is 2.23. The number of hydrogen-bond donors (Lipinski definition) is 1. The molecule has 24 heavy (non-hydrogen) atoms. The van der Waals surface area contributed by atoms with Crippen molar-refractivity contribution in [1.29, 1.82) is 0 Å². The minimum absolute atomic E-state index is 0.291. The summed E-state index contributed by atoms with van der Waals surface area (Å²) in [5.41, 5.74) is 1.98. The van der Waals surface area contributed by atoms with Crippen molar-refractivity contribution >= 4 is 0 Å². The largest absolute Gasteiger partial charge is 0.493 e. The molecule has 0 radical (unpaired) electrons. The molecule has 0 spiro atoms. The van der Waals surface area contributed by atoms with Gasteiger partial charge in [-0.2, -0.15) is 0 Å². The van der Waals surface area contributed by atoms with Gasteiger partial charge >= 0.3 is 0 Å². The average molecular weight is 329 g/mol. The molecule has 130 valence electrons. The van der Waals surface area contributed by atoms with E-state index in [-0.39, 0.29) is 0 Å². The number of aliphatic hydroxyl groups excluding tert-OH is 1. The SMILES string of the molecule is COc1cccc(CN(CC(O)c2ccccc2)C(C)C)c1OC. The van der Waals surface area contributed by atoms with Crippen molar-refractivity contribution in [1.82, 2.24) is 4.90 Å². The summed E-state index contributed by atoms with van der Waals surface area (Å²) in [5.74, 6) is 1.47. The number of rotatable bonds is 8. The van der Waals surface area contributed by atoms with E-state index in [1.54, 1.807) is 14.2 Å². The second-order valence-corrected chi connectivity index (χ2v) is 6.10. The van der Waals surface area contributed by atoms with Gasteiger partial charge in [-0.3, -0.25) is 4.90 Å². The van der Waals surface area contributed by atoms with Crippen molar-refractivity contribution in [2.75, 3.05) is 20.8 Å². The van der Waals surface area contributed by atoms with Crippen LogP contribution >= 0.6 is 0 Å². The van der Waals surface area contributed by atoms with Crippen LogP contribution in [0, 0.1) is 0 Å². The Morgan fingerprint density at radius 3 is 2.25 bits per heavy atom. The molecule has 0 aliphatic rings. The summed E-state index contributed by atoms with van der Waals surface area (Å²) in [6.45, 7) is 5.50. The van der Waals surface area contributed by atoms with E-state index in [4.69, 9.17) is 9.47 Å². The van der Waals surface area contributed by atoms with Gasteiger partial charge in [-0.15, -0.1) is 0 Å². The monoisotopic (exact) mass is 329 g/mol. The van der Waals surface area contributed by atoms with Crippen molar-refractivity contribution in [3.8, 4) is 11.5 Å². The normalized spacial score (nSPS) is 12.5. The second kappa shape index (κ2) is 8.71. The van der Waals surface area contributed by atoms with Gasteiger partial charge in [0.15, 0.2) is 11.5 Å². The maximum Gasteiger partial charge on any atom is 0.165 e. The molecule has 0 saturated carbocycles. The number of methoxy groups -OCH3 is 2. The lowest BCUT2D eigenvalue weighted by molar-refractivity contribution is 0.0901. The second-order valence-electron chi connectivity index (χ2n) is 6.10. The smallest absolute Gasteiger partial charge is 0.165 e. The number of ether oxygens (including phenoxy) is 2. The van der Waals surface area contributed by atoms with Crippen LogP contribution < -0.4 is 9.47 Å². The Labute approximate surface area is 144 Å². The topological polar surface area (TPSA) is 41.9 Å². The maximum absolute atomic E-state index is 10.5. The van der Waals surface area contributed by atoms with Gasteiger partial charge in [-0.25, -0.2) is 0 Å². The number of nitrogens with zero attached hydrogens (tertiary/aromatic N) is 1. The number of aliphatic hydroxyl groups is 1. The predicted molar refractivity (Wildman–Crippen MR) is 96.5 cm³/mol. The van der Waals surface area contributed by atoms with Crippen molar-refractivity contribution in [3.05, 3.63) is 59.7 Å². The van der Waals surface area contributed by atoms with Crippen LogP contribution in [0.1, 0.15) is 31.1 Å². The van der Waals surface area contributed by atoms with Crippen molar-refractivity contribution in [2.24, 2.45) is 0 Å². The van der Waals surface area contributed by atoms with E-state index in [0.29, 0.717) is 19.1 Å². The van der Waals surface area contributed by atoms with Gasteiger partial charge in [-0.1, -0.05) is 42.5 Å². The Morgan fingerprint density at radius 1 is 0.958 bits per heavy atom. The van der Waals surface area contributed by atoms with Crippen LogP contribution in [0.25, 0.3) is 0 Å². The molecule has 0 saturated heterocycles. The molecule has 2 aromatic rings. The van der Waals surface area contributed by atoms with Gasteiger partial charge in [0.2, 0.25) is 0 Å². The number of para-hydroxylation sites is 1. The molecule has 0 aliphatic carbocycles. The van der Waals surface area contributed by atoms with E-state index >= 15 is 0 Å². The summed E-state index contributed by atoms with van der Waals surface area (Å²) in [5, 5.41) is 10.5. The van der Waals surface area contributed by atoms with E-state index in [0.717, 1.165) is 22.6 Å². The van der Waals surface area contributed by atoms with Crippen LogP contribution in [-0.4, -0.2) is 36.8 Å². The number of hydrogen-bond acceptors (Lipinski definition) is 4. The fourth-order valence-corrected chi connectivity index (χ4v) is 2.76. The summed E-state index contributed by atoms with van der Waals surface area (Å²) >= 11 is 0. The highest BCUT2D eigenvalue weighted by Gasteiger charge is 2.19. The highest BCUT2D eigenvalue weighted by atomic mass is 16.5. The lowest BCUT2D eigenvalue weighted by Crippen LogP contribution is -2.34. The Morgan fingerprint density at radius 2 is 1.67 bits per heavy atom. The lowest BCUT2D eigenvalue weighted by atomic mass is 10.1. The van der Waals surface area contributed by atoms with Crippen molar-refractivity contribution < 1.29 is 14.6 Å². The molecule has 0 bridgehead atoms. The standard InChI is InChI=1S/C20H27NO3/c1-15(2)21(14-18(22)16-9-6-5-7-10-16)13-17-11-8-12-19(23-3)20(17)24-4/h5-12,15,18,22H,13-14H2,1-4H3. The van der Waals surface area contributed by atoms with Crippen LogP contribution in [0.3, 0.4) is 0 Å². The van der Waals surface area contributed by atoms with E-state index in [1.807, 2.05) is 48.5 Å². The molecule has 4 heteroatoms. The van der Waals surface area contributed by atoms with Crippen LogP contribution in [0.2, 0.25) is 0 Å². The van der Waals surface area contributed by atoms with Gasteiger partial charge in [0, 0.05) is 24.7 Å². The molecule has 2 aromatic carbocycles. The summed E-state index contributed by atoms with van der Waals surface area (Å²) in [6.07, 6.45) is -0.523. The summed E-state index contributed by atoms with van der Waals surface area (Å²) in [6, 6.07) is 15.9. The lowest BCUT2D eigenvalue weighted by Gasteiger charge is -2.29. The van der Waals surface area contributed by atoms with Gasteiger partial charge in [-0.05, 0) is 25.5 Å². The molecule has 1 unspecified atom stereocenters. The molecule has 0 fully saturated rings. The minimum atomic E-state index is -0.523. The van der Waals surface area contributed by atoms with Crippen LogP contribution in [0.5, 0.6) is 11.5 Å². The summed E-state index contributed by atoms with van der Waals surface area (Å²) < 4.78 is 10.9. The molecular formula is C20H27NO3. The van der Waals surface area contributed by atoms with E-state index in [9.17, 15) is 5.11 Å². The van der Waals surface area contributed by atoms with Crippen molar-refractivity contribution in [2.45, 2.75) is 32.5 Å². The third-order valence-electron chi connectivity index (χ3n) is 4.18. The van der Waals surface area contributed by atoms with E-state index in [1.165, 1.54) is 0 Å². The zero-order valence-electron chi connectivity index (χ0n) is 14.9. The molecule has 1 atom stereocenters. The molecule has 0 heterocycles. The molecule has 0 amide bonds. The first kappa shape index (κ1) is 18.3. The first-order valence-electron chi connectivity index (χ1n) is 8.23. The Balaban J connectivity index is 2.17. The highest BCUT2D eigenvalue weighted by Crippen LogP contribution is 2.32. The molecule has 0 aromatic heterocycles. The Kier molecular flexibility index (Phi) is 6.64. The molecule has 2 rings (SSSR count). The zero-order valence-corrected chi connectivity index (χ0v) is 14.9. The van der Waals surface area contributed by atoms with Crippen LogP contribution in [0.15, 0.2) is 48.5 Å².